The Hall–Kier alpha value is -4.14. The van der Waals surface area contributed by atoms with E-state index in [1.54, 1.807) is 52.7 Å². The average Bonchev–Trinajstić information content (AvgIpc) is 3.66. The molecule has 0 unspecified atom stereocenters. The van der Waals surface area contributed by atoms with E-state index in [-0.39, 0.29) is 11.9 Å². The highest BCUT2D eigenvalue weighted by atomic mass is 16.3. The van der Waals surface area contributed by atoms with Crippen LogP contribution in [-0.4, -0.2) is 57.4 Å². The minimum absolute atomic E-state index is 0.000531. The van der Waals surface area contributed by atoms with Gasteiger partial charge in [-0.3, -0.25) is 4.79 Å². The topological polar surface area (TPSA) is 105 Å². The minimum Gasteiger partial charge on any atom is -0.463 e. The predicted octanol–water partition coefficient (Wildman–Crippen LogP) is 5.01. The molecular weight excluding hydrogens is 446 g/mol. The zero-order chi connectivity index (χ0) is 24.4. The van der Waals surface area contributed by atoms with Crippen LogP contribution in [-0.2, 0) is 4.79 Å². The van der Waals surface area contributed by atoms with Gasteiger partial charge in [0.2, 0.25) is 5.91 Å². The van der Waals surface area contributed by atoms with Crippen LogP contribution < -0.4 is 5.32 Å². The number of hydrogen-bond donors (Lipinski definition) is 1. The van der Waals surface area contributed by atoms with Crippen LogP contribution in [0, 0.1) is 0 Å². The smallest absolute Gasteiger partial charge is 0.322 e. The van der Waals surface area contributed by atoms with E-state index >= 15 is 0 Å². The molecule has 1 aliphatic rings. The number of amides is 3. The molecule has 0 aliphatic carbocycles. The molecule has 1 atom stereocenters. The second-order valence-electron chi connectivity index (χ2n) is 8.37. The molecule has 0 spiro atoms. The van der Waals surface area contributed by atoms with E-state index < -0.39 is 6.04 Å². The van der Waals surface area contributed by atoms with E-state index in [1.165, 1.54) is 0 Å². The highest BCUT2D eigenvalue weighted by Crippen LogP contribution is 2.32. The summed E-state index contributed by atoms with van der Waals surface area (Å²) in [4.78, 5) is 39.0. The first-order valence-corrected chi connectivity index (χ1v) is 11.8. The zero-order valence-electron chi connectivity index (χ0n) is 19.7. The van der Waals surface area contributed by atoms with Gasteiger partial charge in [-0.2, -0.15) is 0 Å². The number of nitrogens with one attached hydrogen (secondary N) is 1. The van der Waals surface area contributed by atoms with E-state index in [4.69, 9.17) is 18.8 Å². The van der Waals surface area contributed by atoms with E-state index in [0.29, 0.717) is 65.7 Å². The number of urea groups is 1. The normalized spacial score (nSPS) is 15.5. The van der Waals surface area contributed by atoms with Crippen LogP contribution in [0.3, 0.4) is 0 Å². The van der Waals surface area contributed by atoms with Crippen molar-refractivity contribution in [2.24, 2.45) is 0 Å². The van der Waals surface area contributed by atoms with E-state index in [9.17, 15) is 9.59 Å². The summed E-state index contributed by atoms with van der Waals surface area (Å²) in [6.45, 7) is 5.70. The second kappa shape index (κ2) is 9.61. The fourth-order valence-corrected chi connectivity index (χ4v) is 4.51. The number of furan rings is 2. The van der Waals surface area contributed by atoms with Crippen LogP contribution in [0.15, 0.2) is 63.8 Å². The van der Waals surface area contributed by atoms with Gasteiger partial charge in [-0.15, -0.1) is 0 Å². The standard InChI is InChI=1S/C26H27N5O4/c1-3-30(4-2)25(32)20-8-5-13-31(20)26(33)27-17-11-12-18-19(16-17)29-24(22-10-7-15-35-22)23(28-18)21-9-6-14-34-21/h6-7,9-12,14-16,20H,3-5,8,13H2,1-2H3,(H,27,33)/t20-/m0/s1. The fraction of sp³-hybridized carbons (Fsp3) is 0.308. The largest absolute Gasteiger partial charge is 0.463 e. The van der Waals surface area contributed by atoms with Crippen LogP contribution in [0.2, 0.25) is 0 Å². The zero-order valence-corrected chi connectivity index (χ0v) is 19.7. The van der Waals surface area contributed by atoms with E-state index in [2.05, 4.69) is 5.32 Å². The Bertz CT molecular complexity index is 1330. The van der Waals surface area contributed by atoms with Crippen molar-refractivity contribution in [2.75, 3.05) is 25.0 Å². The van der Waals surface area contributed by atoms with E-state index in [1.807, 2.05) is 26.0 Å². The molecule has 0 saturated carbocycles. The van der Waals surface area contributed by atoms with Crippen molar-refractivity contribution in [3.63, 3.8) is 0 Å². The Morgan fingerprint density at radius 1 is 1.00 bits per heavy atom. The average molecular weight is 474 g/mol. The summed E-state index contributed by atoms with van der Waals surface area (Å²) in [5, 5.41) is 2.94. The van der Waals surface area contributed by atoms with Gasteiger partial charge in [0.05, 0.1) is 23.6 Å². The van der Waals surface area contributed by atoms with Crippen molar-refractivity contribution in [3.8, 4) is 22.9 Å². The third-order valence-corrected chi connectivity index (χ3v) is 6.30. The number of carbonyl (C=O) groups is 2. The summed E-state index contributed by atoms with van der Waals surface area (Å²) in [5.74, 6) is 1.15. The lowest BCUT2D eigenvalue weighted by atomic mass is 10.1. The minimum atomic E-state index is -0.434. The van der Waals surface area contributed by atoms with Gasteiger partial charge >= 0.3 is 6.03 Å². The van der Waals surface area contributed by atoms with Crippen molar-refractivity contribution in [3.05, 3.63) is 55.0 Å². The van der Waals surface area contributed by atoms with Crippen molar-refractivity contribution in [1.29, 1.82) is 0 Å². The van der Waals surface area contributed by atoms with Crippen LogP contribution in [0.25, 0.3) is 33.9 Å². The summed E-state index contributed by atoms with van der Waals surface area (Å²) in [7, 11) is 0. The molecule has 9 heteroatoms. The number of hydrogen-bond acceptors (Lipinski definition) is 6. The second-order valence-corrected chi connectivity index (χ2v) is 8.37. The van der Waals surface area contributed by atoms with Crippen molar-refractivity contribution in [2.45, 2.75) is 32.7 Å². The van der Waals surface area contributed by atoms with Crippen molar-refractivity contribution >= 4 is 28.7 Å². The highest BCUT2D eigenvalue weighted by molar-refractivity contribution is 5.96. The maximum atomic E-state index is 13.1. The van der Waals surface area contributed by atoms with Crippen LogP contribution in [0.5, 0.6) is 0 Å². The van der Waals surface area contributed by atoms with Gasteiger partial charge in [0.15, 0.2) is 11.5 Å². The molecule has 0 bridgehead atoms. The van der Waals surface area contributed by atoms with Gasteiger partial charge in [-0.25, -0.2) is 14.8 Å². The van der Waals surface area contributed by atoms with Gasteiger partial charge in [0.1, 0.15) is 17.4 Å². The number of likely N-dealkylation sites (N-methyl/N-ethyl adjacent to an activating group) is 1. The molecule has 1 fully saturated rings. The Labute approximate surface area is 202 Å². The lowest BCUT2D eigenvalue weighted by Crippen LogP contribution is -2.49. The number of anilines is 1. The molecule has 4 aromatic rings. The Morgan fingerprint density at radius 3 is 2.26 bits per heavy atom. The Kier molecular flexibility index (Phi) is 6.22. The third kappa shape index (κ3) is 4.37. The van der Waals surface area contributed by atoms with Crippen molar-refractivity contribution in [1.82, 2.24) is 19.8 Å². The SMILES string of the molecule is CCN(CC)C(=O)[C@@H]1CCCN1C(=O)Nc1ccc2nc(-c3ccco3)c(-c3ccco3)nc2c1. The first-order chi connectivity index (χ1) is 17.1. The maximum absolute atomic E-state index is 13.1. The lowest BCUT2D eigenvalue weighted by Gasteiger charge is -2.29. The van der Waals surface area contributed by atoms with Gasteiger partial charge in [0, 0.05) is 25.3 Å². The van der Waals surface area contributed by atoms with E-state index in [0.717, 1.165) is 6.42 Å². The van der Waals surface area contributed by atoms with Gasteiger partial charge in [-0.1, -0.05) is 0 Å². The Balaban J connectivity index is 1.43. The molecule has 180 valence electrons. The van der Waals surface area contributed by atoms with Crippen molar-refractivity contribution < 1.29 is 18.4 Å². The molecule has 9 nitrogen and oxygen atoms in total. The molecule has 3 aromatic heterocycles. The number of carbonyl (C=O) groups excluding carboxylic acids is 2. The number of fused-ring (bicyclic) bond motifs is 1. The molecular formula is C26H27N5O4. The van der Waals surface area contributed by atoms with Gasteiger partial charge in [-0.05, 0) is 69.2 Å². The third-order valence-electron chi connectivity index (χ3n) is 6.30. The first kappa shape index (κ1) is 22.6. The number of aromatic nitrogens is 2. The van der Waals surface area contributed by atoms with Crippen LogP contribution >= 0.6 is 0 Å². The number of nitrogens with zero attached hydrogens (tertiary/aromatic N) is 4. The molecule has 1 aromatic carbocycles. The molecule has 3 amide bonds. The van der Waals surface area contributed by atoms with Gasteiger partial charge < -0.3 is 24.0 Å². The summed E-state index contributed by atoms with van der Waals surface area (Å²) in [6.07, 6.45) is 4.64. The predicted molar refractivity (Wildman–Crippen MR) is 132 cm³/mol. The molecule has 0 radical (unpaired) electrons. The summed E-state index contributed by atoms with van der Waals surface area (Å²) >= 11 is 0. The summed E-state index contributed by atoms with van der Waals surface area (Å²) < 4.78 is 11.2. The number of benzene rings is 1. The monoisotopic (exact) mass is 473 g/mol. The summed E-state index contributed by atoms with van der Waals surface area (Å²) in [6, 6.07) is 11.9. The number of rotatable bonds is 6. The molecule has 5 rings (SSSR count). The van der Waals surface area contributed by atoms with Gasteiger partial charge in [0.25, 0.3) is 0 Å². The first-order valence-electron chi connectivity index (χ1n) is 11.8. The lowest BCUT2D eigenvalue weighted by molar-refractivity contribution is -0.134. The van der Waals surface area contributed by atoms with Crippen LogP contribution in [0.1, 0.15) is 26.7 Å². The summed E-state index contributed by atoms with van der Waals surface area (Å²) in [5.41, 5.74) is 2.95. The van der Waals surface area contributed by atoms with Crippen LogP contribution in [0.4, 0.5) is 10.5 Å². The maximum Gasteiger partial charge on any atom is 0.322 e. The highest BCUT2D eigenvalue weighted by Gasteiger charge is 2.36. The Morgan fingerprint density at radius 2 is 1.66 bits per heavy atom. The molecule has 1 N–H and O–H groups in total. The number of likely N-dealkylation sites (tertiary alicyclic amines) is 1. The molecule has 4 heterocycles. The molecule has 1 saturated heterocycles. The molecule has 1 aliphatic heterocycles. The quantitative estimate of drug-likeness (QED) is 0.422. The molecule has 35 heavy (non-hydrogen) atoms. The fourth-order valence-electron chi connectivity index (χ4n) is 4.51.